The van der Waals surface area contributed by atoms with E-state index in [-0.39, 0.29) is 33.8 Å². The topological polar surface area (TPSA) is 83.1 Å². The Morgan fingerprint density at radius 2 is 1.86 bits per heavy atom. The Bertz CT molecular complexity index is 1350. The van der Waals surface area contributed by atoms with Gasteiger partial charge in [0.25, 0.3) is 5.91 Å². The van der Waals surface area contributed by atoms with Crippen molar-refractivity contribution in [3.63, 3.8) is 0 Å². The maximum absolute atomic E-state index is 13.5. The van der Waals surface area contributed by atoms with E-state index >= 15 is 0 Å². The van der Waals surface area contributed by atoms with E-state index in [0.717, 1.165) is 17.8 Å². The zero-order chi connectivity index (χ0) is 25.9. The summed E-state index contributed by atoms with van der Waals surface area (Å²) in [6.45, 7) is 0.288. The number of amides is 1. The minimum absolute atomic E-state index is 0.143. The Morgan fingerprint density at radius 1 is 1.14 bits per heavy atom. The van der Waals surface area contributed by atoms with Gasteiger partial charge in [-0.25, -0.2) is 9.79 Å². The number of carboxylic acids is 1. The highest BCUT2D eigenvalue weighted by Gasteiger charge is 2.36. The first kappa shape index (κ1) is 25.6. The fraction of sp³-hybridized carbons (Fsp3) is 0.160. The van der Waals surface area contributed by atoms with Crippen LogP contribution >= 0.6 is 23.5 Å². The molecule has 0 spiro atoms. The summed E-state index contributed by atoms with van der Waals surface area (Å²) in [6, 6.07) is 14.5. The molecule has 1 fully saturated rings. The third-order valence-electron chi connectivity index (χ3n) is 5.15. The maximum Gasteiger partial charge on any atom is 0.418 e. The monoisotopic (exact) mass is 532 g/mol. The molecule has 1 aromatic heterocycles. The van der Waals surface area contributed by atoms with Crippen molar-refractivity contribution >= 4 is 52.3 Å². The number of aliphatic imine (C=N–C) groups is 1. The molecule has 4 rings (SSSR count). The Kier molecular flexibility index (Phi) is 7.60. The predicted octanol–water partition coefficient (Wildman–Crippen LogP) is 6.63. The van der Waals surface area contributed by atoms with E-state index in [9.17, 15) is 22.8 Å². The van der Waals surface area contributed by atoms with Gasteiger partial charge in [-0.2, -0.15) is 24.9 Å². The van der Waals surface area contributed by atoms with Crippen molar-refractivity contribution in [3.05, 3.63) is 82.5 Å². The Labute approximate surface area is 212 Å². The van der Waals surface area contributed by atoms with Crippen LogP contribution in [0.2, 0.25) is 0 Å². The van der Waals surface area contributed by atoms with Gasteiger partial charge in [-0.05, 0) is 54.4 Å². The lowest BCUT2D eigenvalue weighted by Gasteiger charge is -2.16. The zero-order valence-electron chi connectivity index (χ0n) is 18.8. The smallest absolute Gasteiger partial charge is 0.418 e. The van der Waals surface area contributed by atoms with Crippen LogP contribution in [-0.4, -0.2) is 45.6 Å². The number of thioether (sulfide) groups is 2. The normalized spacial score (nSPS) is 16.3. The lowest BCUT2D eigenvalue weighted by atomic mass is 10.1. The average Bonchev–Trinajstić information content (AvgIpc) is 3.42. The number of carbonyl (C=O) groups excluding carboxylic acids is 1. The quantitative estimate of drug-likeness (QED) is 0.344. The number of hydrogen-bond donors (Lipinski definition) is 1. The first-order valence-corrected chi connectivity index (χ1v) is 12.8. The summed E-state index contributed by atoms with van der Waals surface area (Å²) < 4.78 is 46.2. The number of furan rings is 1. The molecule has 1 amide bonds. The summed E-state index contributed by atoms with van der Waals surface area (Å²) in [6.07, 6.45) is -1.19. The molecule has 1 N–H and O–H groups in total. The minimum Gasteiger partial charge on any atom is -0.478 e. The summed E-state index contributed by atoms with van der Waals surface area (Å²) in [5.41, 5.74) is -0.342. The van der Waals surface area contributed by atoms with Gasteiger partial charge in [0.1, 0.15) is 11.5 Å². The number of carboxylic acid groups (broad SMARTS) is 1. The number of rotatable bonds is 7. The third kappa shape index (κ3) is 5.68. The first-order valence-electron chi connectivity index (χ1n) is 10.6. The molecular weight excluding hydrogens is 513 g/mol. The van der Waals surface area contributed by atoms with Crippen LogP contribution in [0.1, 0.15) is 21.7 Å². The van der Waals surface area contributed by atoms with E-state index in [4.69, 9.17) is 9.52 Å². The SMILES string of the molecule is CSCCN1C(=O)/C(=C/c2ccc(-c3ccc(C(=O)O)cc3)o2)SC1=Nc1ccccc1C(F)(F)F. The minimum atomic E-state index is -4.58. The van der Waals surface area contributed by atoms with Crippen LogP contribution in [0, 0.1) is 0 Å². The number of para-hydroxylation sites is 1. The van der Waals surface area contributed by atoms with Crippen molar-refractivity contribution in [2.75, 3.05) is 18.6 Å². The summed E-state index contributed by atoms with van der Waals surface area (Å²) in [4.78, 5) is 30.0. The summed E-state index contributed by atoms with van der Waals surface area (Å²) in [5.74, 6) is 0.00787. The van der Waals surface area contributed by atoms with E-state index in [0.29, 0.717) is 22.8 Å². The summed E-state index contributed by atoms with van der Waals surface area (Å²) in [7, 11) is 0. The molecule has 1 aliphatic rings. The van der Waals surface area contributed by atoms with Crippen molar-refractivity contribution in [3.8, 4) is 11.3 Å². The molecule has 0 radical (unpaired) electrons. The third-order valence-corrected chi connectivity index (χ3v) is 6.75. The van der Waals surface area contributed by atoms with Crippen LogP contribution in [0.3, 0.4) is 0 Å². The number of carbonyl (C=O) groups is 2. The highest BCUT2D eigenvalue weighted by Crippen LogP contribution is 2.39. The van der Waals surface area contributed by atoms with Crippen LogP contribution in [0.4, 0.5) is 18.9 Å². The van der Waals surface area contributed by atoms with Gasteiger partial charge < -0.3 is 9.52 Å². The van der Waals surface area contributed by atoms with Gasteiger partial charge in [0.05, 0.1) is 21.7 Å². The molecule has 6 nitrogen and oxygen atoms in total. The maximum atomic E-state index is 13.5. The second-order valence-corrected chi connectivity index (χ2v) is 9.55. The van der Waals surface area contributed by atoms with E-state index in [1.807, 2.05) is 6.26 Å². The lowest BCUT2D eigenvalue weighted by molar-refractivity contribution is -0.137. The number of benzene rings is 2. The highest BCUT2D eigenvalue weighted by molar-refractivity contribution is 8.18. The van der Waals surface area contributed by atoms with Gasteiger partial charge in [0.2, 0.25) is 0 Å². The van der Waals surface area contributed by atoms with Gasteiger partial charge in [-0.3, -0.25) is 9.69 Å². The van der Waals surface area contributed by atoms with Crippen molar-refractivity contribution in [1.29, 1.82) is 0 Å². The van der Waals surface area contributed by atoms with Crippen LogP contribution in [0.25, 0.3) is 17.4 Å². The zero-order valence-corrected chi connectivity index (χ0v) is 20.4. The number of nitrogens with zero attached hydrogens (tertiary/aromatic N) is 2. The molecule has 36 heavy (non-hydrogen) atoms. The van der Waals surface area contributed by atoms with E-state index < -0.39 is 17.7 Å². The van der Waals surface area contributed by atoms with Crippen molar-refractivity contribution in [2.45, 2.75) is 6.18 Å². The van der Waals surface area contributed by atoms with Crippen LogP contribution in [0.15, 0.2) is 75.0 Å². The molecule has 11 heteroatoms. The Hall–Kier alpha value is -3.44. The molecule has 186 valence electrons. The first-order chi connectivity index (χ1) is 17.2. The van der Waals surface area contributed by atoms with Gasteiger partial charge >= 0.3 is 12.1 Å². The predicted molar refractivity (Wildman–Crippen MR) is 135 cm³/mol. The molecule has 0 atom stereocenters. The van der Waals surface area contributed by atoms with Gasteiger partial charge in [0.15, 0.2) is 5.17 Å². The second-order valence-electron chi connectivity index (χ2n) is 7.55. The summed E-state index contributed by atoms with van der Waals surface area (Å²) >= 11 is 2.48. The molecule has 1 aliphatic heterocycles. The summed E-state index contributed by atoms with van der Waals surface area (Å²) in [5, 5.41) is 9.20. The number of hydrogen-bond acceptors (Lipinski definition) is 6. The standard InChI is InChI=1S/C25H19F3N2O4S2/c1-35-13-12-30-22(31)21(36-24(30)29-19-5-3-2-4-18(19)25(26,27)28)14-17-10-11-20(34-17)15-6-8-16(9-7-15)23(32)33/h2-11,14H,12-13H2,1H3,(H,32,33)/b21-14-,29-24?. The van der Waals surface area contributed by atoms with Crippen LogP contribution in [0.5, 0.6) is 0 Å². The van der Waals surface area contributed by atoms with E-state index in [1.54, 1.807) is 24.3 Å². The molecule has 1 saturated heterocycles. The van der Waals surface area contributed by atoms with Gasteiger partial charge in [-0.1, -0.05) is 24.3 Å². The molecule has 0 bridgehead atoms. The molecule has 2 heterocycles. The van der Waals surface area contributed by atoms with Crippen LogP contribution in [-0.2, 0) is 11.0 Å². The molecule has 2 aromatic carbocycles. The molecule has 3 aromatic rings. The number of alkyl halides is 3. The van der Waals surface area contributed by atoms with Gasteiger partial charge in [-0.15, -0.1) is 0 Å². The molecule has 0 unspecified atom stereocenters. The second kappa shape index (κ2) is 10.7. The lowest BCUT2D eigenvalue weighted by Crippen LogP contribution is -2.31. The van der Waals surface area contributed by atoms with Gasteiger partial charge in [0, 0.05) is 23.9 Å². The Morgan fingerprint density at radius 3 is 2.53 bits per heavy atom. The van der Waals surface area contributed by atoms with E-state index in [2.05, 4.69) is 4.99 Å². The molecular formula is C25H19F3N2O4S2. The van der Waals surface area contributed by atoms with Crippen molar-refractivity contribution < 1.29 is 32.3 Å². The van der Waals surface area contributed by atoms with Crippen LogP contribution < -0.4 is 0 Å². The van der Waals surface area contributed by atoms with Crippen molar-refractivity contribution in [1.82, 2.24) is 4.90 Å². The number of aromatic carboxylic acids is 1. The Balaban J connectivity index is 1.64. The fourth-order valence-corrected chi connectivity index (χ4v) is 4.74. The molecule has 0 saturated carbocycles. The fourth-order valence-electron chi connectivity index (χ4n) is 3.38. The van der Waals surface area contributed by atoms with E-state index in [1.165, 1.54) is 53.1 Å². The number of amidine groups is 1. The number of halogens is 3. The van der Waals surface area contributed by atoms with Crippen molar-refractivity contribution in [2.24, 2.45) is 4.99 Å². The largest absolute Gasteiger partial charge is 0.478 e. The molecule has 0 aliphatic carbocycles. The average molecular weight is 533 g/mol. The highest BCUT2D eigenvalue weighted by atomic mass is 32.2.